The van der Waals surface area contributed by atoms with Gasteiger partial charge in [0.15, 0.2) is 0 Å². The van der Waals surface area contributed by atoms with Crippen molar-refractivity contribution in [3.05, 3.63) is 35.4 Å². The van der Waals surface area contributed by atoms with Crippen LogP contribution in [0, 0.1) is 23.2 Å². The summed E-state index contributed by atoms with van der Waals surface area (Å²) in [5, 5.41) is 8.63. The third-order valence-corrected chi connectivity index (χ3v) is 3.81. The third-order valence-electron chi connectivity index (χ3n) is 3.81. The van der Waals surface area contributed by atoms with E-state index >= 15 is 0 Å². The number of ether oxygens (including phenoxy) is 1. The first-order valence-electron chi connectivity index (χ1n) is 8.14. The van der Waals surface area contributed by atoms with Crippen molar-refractivity contribution < 1.29 is 4.74 Å². The Balaban J connectivity index is 2.12. The molecule has 0 radical (unpaired) electrons. The van der Waals surface area contributed by atoms with E-state index in [2.05, 4.69) is 39.0 Å². The highest BCUT2D eigenvalue weighted by atomic mass is 16.5. The van der Waals surface area contributed by atoms with E-state index in [4.69, 9.17) is 10.00 Å². The number of nitriles is 1. The van der Waals surface area contributed by atoms with Gasteiger partial charge in [-0.25, -0.2) is 0 Å². The van der Waals surface area contributed by atoms with Crippen LogP contribution in [-0.4, -0.2) is 6.61 Å². The zero-order valence-corrected chi connectivity index (χ0v) is 13.8. The SMILES string of the molecule is CC(C)CCCC(C)CCOCc1ccc(CC#N)cc1. The lowest BCUT2D eigenvalue weighted by Gasteiger charge is -2.12. The van der Waals surface area contributed by atoms with Crippen LogP contribution in [0.4, 0.5) is 0 Å². The molecular formula is C19H29NO. The predicted molar refractivity (Wildman–Crippen MR) is 87.9 cm³/mol. The van der Waals surface area contributed by atoms with Crippen molar-refractivity contribution >= 4 is 0 Å². The quantitative estimate of drug-likeness (QED) is 0.559. The van der Waals surface area contributed by atoms with Crippen molar-refractivity contribution in [2.24, 2.45) is 11.8 Å². The monoisotopic (exact) mass is 287 g/mol. The van der Waals surface area contributed by atoms with Gasteiger partial charge in [0.2, 0.25) is 0 Å². The summed E-state index contributed by atoms with van der Waals surface area (Å²) >= 11 is 0. The van der Waals surface area contributed by atoms with E-state index in [-0.39, 0.29) is 0 Å². The molecule has 0 aliphatic heterocycles. The van der Waals surface area contributed by atoms with Crippen molar-refractivity contribution in [2.75, 3.05) is 6.61 Å². The second kappa shape index (κ2) is 10.4. The smallest absolute Gasteiger partial charge is 0.0716 e. The average Bonchev–Trinajstić information content (AvgIpc) is 2.45. The molecule has 0 fully saturated rings. The van der Waals surface area contributed by atoms with Crippen LogP contribution in [0.5, 0.6) is 0 Å². The minimum Gasteiger partial charge on any atom is -0.377 e. The van der Waals surface area contributed by atoms with Crippen LogP contribution in [-0.2, 0) is 17.8 Å². The Morgan fingerprint density at radius 2 is 1.67 bits per heavy atom. The molecule has 0 saturated heterocycles. The summed E-state index contributed by atoms with van der Waals surface area (Å²) in [5.41, 5.74) is 2.25. The number of hydrogen-bond acceptors (Lipinski definition) is 2. The summed E-state index contributed by atoms with van der Waals surface area (Å²) in [4.78, 5) is 0. The Bertz CT molecular complexity index is 416. The van der Waals surface area contributed by atoms with Crippen molar-refractivity contribution in [3.8, 4) is 6.07 Å². The highest BCUT2D eigenvalue weighted by Gasteiger charge is 2.03. The summed E-state index contributed by atoms with van der Waals surface area (Å²) in [7, 11) is 0. The molecule has 1 unspecified atom stereocenters. The van der Waals surface area contributed by atoms with Gasteiger partial charge < -0.3 is 4.74 Å². The van der Waals surface area contributed by atoms with E-state index in [0.717, 1.165) is 30.4 Å². The van der Waals surface area contributed by atoms with Gasteiger partial charge in [-0.1, -0.05) is 64.3 Å². The first kappa shape index (κ1) is 17.7. The molecule has 1 atom stereocenters. The van der Waals surface area contributed by atoms with Crippen molar-refractivity contribution in [2.45, 2.75) is 59.5 Å². The Morgan fingerprint density at radius 3 is 2.29 bits per heavy atom. The third kappa shape index (κ3) is 8.52. The zero-order valence-electron chi connectivity index (χ0n) is 13.8. The molecule has 1 aromatic carbocycles. The van der Waals surface area contributed by atoms with Crippen LogP contribution in [0.3, 0.4) is 0 Å². The van der Waals surface area contributed by atoms with Crippen LogP contribution < -0.4 is 0 Å². The van der Waals surface area contributed by atoms with Gasteiger partial charge in [0.05, 0.1) is 19.1 Å². The molecule has 0 bridgehead atoms. The van der Waals surface area contributed by atoms with E-state index in [1.54, 1.807) is 0 Å². The zero-order chi connectivity index (χ0) is 15.5. The molecule has 21 heavy (non-hydrogen) atoms. The lowest BCUT2D eigenvalue weighted by molar-refractivity contribution is 0.107. The standard InChI is InChI=1S/C19H29NO/c1-16(2)5-4-6-17(3)12-14-21-15-19-9-7-18(8-10-19)11-13-20/h7-10,16-17H,4-6,11-12,14-15H2,1-3H3. The lowest BCUT2D eigenvalue weighted by Crippen LogP contribution is -2.03. The first-order chi connectivity index (χ1) is 10.1. The molecule has 0 heterocycles. The molecular weight excluding hydrogens is 258 g/mol. The summed E-state index contributed by atoms with van der Waals surface area (Å²) in [5.74, 6) is 1.57. The van der Waals surface area contributed by atoms with E-state index in [9.17, 15) is 0 Å². The molecule has 1 rings (SSSR count). The highest BCUT2D eigenvalue weighted by molar-refractivity contribution is 5.23. The van der Waals surface area contributed by atoms with Gasteiger partial charge in [0.1, 0.15) is 0 Å². The fourth-order valence-corrected chi connectivity index (χ4v) is 2.34. The average molecular weight is 287 g/mol. The second-order valence-corrected chi connectivity index (χ2v) is 6.42. The molecule has 0 aliphatic carbocycles. The molecule has 1 aromatic rings. The maximum absolute atomic E-state index is 8.63. The molecule has 0 aliphatic rings. The summed E-state index contributed by atoms with van der Waals surface area (Å²) < 4.78 is 5.75. The lowest BCUT2D eigenvalue weighted by atomic mass is 9.98. The normalized spacial score (nSPS) is 12.3. The molecule has 116 valence electrons. The number of hydrogen-bond donors (Lipinski definition) is 0. The van der Waals surface area contributed by atoms with Crippen LogP contribution in [0.2, 0.25) is 0 Å². The van der Waals surface area contributed by atoms with Crippen LogP contribution in [0.25, 0.3) is 0 Å². The number of benzene rings is 1. The van der Waals surface area contributed by atoms with Crippen molar-refractivity contribution in [1.29, 1.82) is 5.26 Å². The Morgan fingerprint density at radius 1 is 1.00 bits per heavy atom. The van der Waals surface area contributed by atoms with Gasteiger partial charge in [-0.05, 0) is 29.4 Å². The van der Waals surface area contributed by atoms with Gasteiger partial charge in [-0.3, -0.25) is 0 Å². The van der Waals surface area contributed by atoms with Crippen molar-refractivity contribution in [1.82, 2.24) is 0 Å². The molecule has 0 amide bonds. The maximum Gasteiger partial charge on any atom is 0.0716 e. The Hall–Kier alpha value is -1.33. The maximum atomic E-state index is 8.63. The van der Waals surface area contributed by atoms with Crippen LogP contribution in [0.1, 0.15) is 57.6 Å². The van der Waals surface area contributed by atoms with Gasteiger partial charge >= 0.3 is 0 Å². The molecule has 0 saturated carbocycles. The fraction of sp³-hybridized carbons (Fsp3) is 0.632. The Kier molecular flexibility index (Phi) is 8.78. The largest absolute Gasteiger partial charge is 0.377 e. The van der Waals surface area contributed by atoms with Crippen LogP contribution >= 0.6 is 0 Å². The number of rotatable bonds is 10. The summed E-state index contributed by atoms with van der Waals surface area (Å²) in [6.45, 7) is 8.40. The summed E-state index contributed by atoms with van der Waals surface area (Å²) in [6, 6.07) is 10.3. The predicted octanol–water partition coefficient (Wildman–Crippen LogP) is 5.12. The molecule has 2 heteroatoms. The second-order valence-electron chi connectivity index (χ2n) is 6.42. The molecule has 0 N–H and O–H groups in total. The minimum absolute atomic E-state index is 0.481. The van der Waals surface area contributed by atoms with E-state index in [0.29, 0.717) is 13.0 Å². The molecule has 0 aromatic heterocycles. The van der Waals surface area contributed by atoms with Gasteiger partial charge in [-0.15, -0.1) is 0 Å². The topological polar surface area (TPSA) is 33.0 Å². The van der Waals surface area contributed by atoms with Gasteiger partial charge in [0, 0.05) is 6.61 Å². The van der Waals surface area contributed by atoms with E-state index < -0.39 is 0 Å². The molecule has 0 spiro atoms. The molecule has 2 nitrogen and oxygen atoms in total. The van der Waals surface area contributed by atoms with E-state index in [1.165, 1.54) is 24.8 Å². The minimum atomic E-state index is 0.481. The highest BCUT2D eigenvalue weighted by Crippen LogP contribution is 2.15. The first-order valence-corrected chi connectivity index (χ1v) is 8.14. The number of nitrogens with zero attached hydrogens (tertiary/aromatic N) is 1. The van der Waals surface area contributed by atoms with Crippen LogP contribution in [0.15, 0.2) is 24.3 Å². The van der Waals surface area contributed by atoms with E-state index in [1.807, 2.05) is 12.1 Å². The van der Waals surface area contributed by atoms with Gasteiger partial charge in [0.25, 0.3) is 0 Å². The summed E-state index contributed by atoms with van der Waals surface area (Å²) in [6.07, 6.45) is 5.60. The Labute approximate surface area is 130 Å². The van der Waals surface area contributed by atoms with Crippen molar-refractivity contribution in [3.63, 3.8) is 0 Å². The fourth-order valence-electron chi connectivity index (χ4n) is 2.34. The van der Waals surface area contributed by atoms with Gasteiger partial charge in [-0.2, -0.15) is 5.26 Å².